The van der Waals surface area contributed by atoms with Crippen molar-refractivity contribution < 1.29 is 52.7 Å². The number of methoxy groups -OCH3 is 1. The number of nitrogens with two attached hydrogens (primary N) is 1. The average Bonchev–Trinajstić information content (AvgIpc) is 3.89. The molecule has 0 radical (unpaired) electrons. The molecule has 3 saturated heterocycles. The van der Waals surface area contributed by atoms with Crippen LogP contribution in [0.3, 0.4) is 0 Å². The molecule has 14 atom stereocenters. The number of nitrogens with zero attached hydrogens (tertiary/aromatic N) is 7. The van der Waals surface area contributed by atoms with E-state index >= 15 is 4.79 Å². The highest BCUT2D eigenvalue weighted by atomic mass is 16.7. The molecule has 398 valence electrons. The van der Waals surface area contributed by atoms with Crippen molar-refractivity contribution in [3.8, 4) is 0 Å². The average molecular weight is 1010 g/mol. The van der Waals surface area contributed by atoms with E-state index in [1.165, 1.54) is 7.11 Å². The van der Waals surface area contributed by atoms with Gasteiger partial charge in [-0.2, -0.15) is 0 Å². The number of imidazole rings is 1. The number of aliphatic hydroxyl groups is 1. The quantitative estimate of drug-likeness (QED) is 0.0641. The minimum absolute atomic E-state index is 0.0961. The first-order valence-corrected chi connectivity index (χ1v) is 25.8. The summed E-state index contributed by atoms with van der Waals surface area (Å²) in [5.74, 6) is -5.00. The molecule has 3 aromatic heterocycles. The van der Waals surface area contributed by atoms with Crippen molar-refractivity contribution >= 4 is 35.0 Å². The molecule has 1 amide bonds. The molecule has 3 aliphatic heterocycles. The van der Waals surface area contributed by atoms with Crippen LogP contribution < -0.4 is 5.73 Å². The van der Waals surface area contributed by atoms with Crippen LogP contribution in [0.15, 0.2) is 49.7 Å². The van der Waals surface area contributed by atoms with Gasteiger partial charge in [-0.05, 0) is 105 Å². The fourth-order valence-corrected chi connectivity index (χ4v) is 11.4. The van der Waals surface area contributed by atoms with Crippen LogP contribution in [0.1, 0.15) is 112 Å². The summed E-state index contributed by atoms with van der Waals surface area (Å²) >= 11 is 0. The van der Waals surface area contributed by atoms with E-state index in [-0.39, 0.29) is 43.7 Å². The lowest BCUT2D eigenvalue weighted by molar-refractivity contribution is -0.302. The van der Waals surface area contributed by atoms with E-state index in [2.05, 4.69) is 26.5 Å². The maximum Gasteiger partial charge on any atom is 0.410 e. The number of hydrogen-bond donors (Lipinski definition) is 2. The SMILES string of the molecule is C=CCN(C)[C@@H]1C[C@H](C)O[C@H](O[C@@H]2[C@@H](C)[C@H](OC(=O)Cc3ccccn3)[C@@H](C)C(=O)O[C@H](CC)[C@@]3(C)OC(=O)N(CCCCc4ncnc5c4ncn5CCCCN)[C@@H]3[C@@H](C)C(=O)[C@H](C)C[C@@]2(C)OC)[C@H]1O. The number of unbranched alkanes of at least 4 members (excludes halogenated alkanes) is 2. The van der Waals surface area contributed by atoms with E-state index in [0.29, 0.717) is 44.5 Å². The van der Waals surface area contributed by atoms with Crippen molar-refractivity contribution in [2.24, 2.45) is 29.4 Å². The van der Waals surface area contributed by atoms with Crippen molar-refractivity contribution in [2.45, 2.75) is 180 Å². The number of carbonyl (C=O) groups is 4. The lowest BCUT2D eigenvalue weighted by Gasteiger charge is -2.48. The largest absolute Gasteiger partial charge is 0.461 e. The van der Waals surface area contributed by atoms with Crippen LogP contribution in [0.4, 0.5) is 4.79 Å². The van der Waals surface area contributed by atoms with Gasteiger partial charge in [0.25, 0.3) is 0 Å². The van der Waals surface area contributed by atoms with Crippen LogP contribution in [-0.4, -0.2) is 157 Å². The fourth-order valence-electron chi connectivity index (χ4n) is 11.4. The van der Waals surface area contributed by atoms with Gasteiger partial charge in [0.2, 0.25) is 0 Å². The molecule has 0 spiro atoms. The standard InChI is InChI=1S/C53H80N8O11/c1-12-24-59(10)39-27-33(4)68-50(44(39)64)71-47-35(6)45(70-41(62)28-37-20-14-17-23-55-37)36(7)49(65)69-40(13-2)53(9)46(34(5)43(63)32(3)29-52(47,8)67-11)61(51(66)72-53)26-18-15-21-38-42-48(57-30-56-38)60(31-58-42)25-19-16-22-54/h12,14,17,20,23,30-36,39-40,44-47,50,64H,1,13,15-16,18-19,21-22,24-29,54H2,2-11H3/t32-,33+,34+,35+,36-,39-,40-,44+,45+,46-,47-,50-,52-,53-/m1/s1. The predicted octanol–water partition coefficient (Wildman–Crippen LogP) is 5.63. The summed E-state index contributed by atoms with van der Waals surface area (Å²) in [6.45, 7) is 20.3. The maximum absolute atomic E-state index is 15.1. The van der Waals surface area contributed by atoms with Crippen LogP contribution in [0, 0.1) is 23.7 Å². The summed E-state index contributed by atoms with van der Waals surface area (Å²) in [5, 5.41) is 12.0. The topological polar surface area (TPSA) is 233 Å². The molecule has 19 heteroatoms. The van der Waals surface area contributed by atoms with Gasteiger partial charge in [0, 0.05) is 56.7 Å². The van der Waals surface area contributed by atoms with E-state index in [1.54, 1.807) is 75.7 Å². The monoisotopic (exact) mass is 1000 g/mol. The number of ether oxygens (including phenoxy) is 6. The number of rotatable bonds is 19. The fraction of sp³-hybridized carbons (Fsp3) is 0.698. The van der Waals surface area contributed by atoms with Crippen molar-refractivity contribution in [3.05, 3.63) is 61.1 Å². The highest BCUT2D eigenvalue weighted by molar-refractivity contribution is 5.85. The Morgan fingerprint density at radius 2 is 1.78 bits per heavy atom. The molecule has 0 aliphatic carbocycles. The molecule has 19 nitrogen and oxygen atoms in total. The van der Waals surface area contributed by atoms with Gasteiger partial charge in [-0.1, -0.05) is 39.8 Å². The summed E-state index contributed by atoms with van der Waals surface area (Å²) in [6.07, 6.45) is 4.32. The van der Waals surface area contributed by atoms with Crippen molar-refractivity contribution in [1.82, 2.24) is 34.3 Å². The molecular weight excluding hydrogens is 925 g/mol. The van der Waals surface area contributed by atoms with Gasteiger partial charge in [-0.25, -0.2) is 19.7 Å². The number of cyclic esters (lactones) is 1. The lowest BCUT2D eigenvalue weighted by atomic mass is 9.73. The molecule has 0 saturated carbocycles. The maximum atomic E-state index is 15.1. The zero-order valence-electron chi connectivity index (χ0n) is 44.1. The molecular formula is C53H80N8O11. The molecule has 3 aliphatic rings. The normalized spacial score (nSPS) is 32.8. The second kappa shape index (κ2) is 24.9. The number of aryl methyl sites for hydroxylation is 2. The Bertz CT molecular complexity index is 2300. The highest BCUT2D eigenvalue weighted by Gasteiger charge is 2.60. The van der Waals surface area contributed by atoms with Crippen molar-refractivity contribution in [1.29, 1.82) is 0 Å². The van der Waals surface area contributed by atoms with Gasteiger partial charge in [-0.3, -0.25) is 24.3 Å². The number of amides is 1. The number of aromatic nitrogens is 5. The van der Waals surface area contributed by atoms with E-state index in [9.17, 15) is 19.5 Å². The molecule has 3 N–H and O–H groups in total. The molecule has 0 aromatic carbocycles. The first-order chi connectivity index (χ1) is 34.3. The van der Waals surface area contributed by atoms with Gasteiger partial charge in [0.15, 0.2) is 17.5 Å². The van der Waals surface area contributed by atoms with E-state index in [4.69, 9.17) is 34.2 Å². The summed E-state index contributed by atoms with van der Waals surface area (Å²) in [6, 6.07) is 4.00. The Morgan fingerprint density at radius 3 is 2.46 bits per heavy atom. The zero-order valence-corrected chi connectivity index (χ0v) is 44.1. The molecule has 6 rings (SSSR count). The lowest BCUT2D eigenvalue weighted by Crippen LogP contribution is -2.61. The van der Waals surface area contributed by atoms with Crippen molar-refractivity contribution in [3.63, 3.8) is 0 Å². The third-order valence-electron chi connectivity index (χ3n) is 15.4. The number of fused-ring (bicyclic) bond motifs is 2. The van der Waals surface area contributed by atoms with E-state index in [0.717, 1.165) is 36.2 Å². The molecule has 3 aromatic rings. The Balaban J connectivity index is 1.34. The number of hydrogen-bond acceptors (Lipinski definition) is 17. The van der Waals surface area contributed by atoms with Gasteiger partial charge < -0.3 is 48.7 Å². The first kappa shape index (κ1) is 56.4. The Hall–Kier alpha value is -4.92. The summed E-state index contributed by atoms with van der Waals surface area (Å²) < 4.78 is 40.8. The predicted molar refractivity (Wildman–Crippen MR) is 268 cm³/mol. The van der Waals surface area contributed by atoms with E-state index in [1.807, 2.05) is 44.2 Å². The minimum atomic E-state index is -1.47. The Labute approximate surface area is 424 Å². The van der Waals surface area contributed by atoms with Gasteiger partial charge >= 0.3 is 18.0 Å². The first-order valence-electron chi connectivity index (χ1n) is 25.8. The Kier molecular flexibility index (Phi) is 19.5. The number of pyridine rings is 1. The van der Waals surface area contributed by atoms with E-state index < -0.39 is 89.7 Å². The summed E-state index contributed by atoms with van der Waals surface area (Å²) in [5.41, 5.74) is 5.67. The molecule has 0 bridgehead atoms. The van der Waals surface area contributed by atoms with Crippen LogP contribution in [0.2, 0.25) is 0 Å². The third kappa shape index (κ3) is 12.5. The van der Waals surface area contributed by atoms with Crippen molar-refractivity contribution in [2.75, 3.05) is 33.8 Å². The highest BCUT2D eigenvalue weighted by Crippen LogP contribution is 2.44. The molecule has 72 heavy (non-hydrogen) atoms. The second-order valence-electron chi connectivity index (χ2n) is 20.7. The van der Waals surface area contributed by atoms with Crippen LogP contribution >= 0.6 is 0 Å². The van der Waals surface area contributed by atoms with Crippen LogP contribution in [0.25, 0.3) is 11.2 Å². The molecule has 0 unspecified atom stereocenters. The number of Topliss-reactive ketones (excluding diaryl/α,β-unsaturated/α-hetero) is 1. The number of carbonyl (C=O) groups excluding carboxylic acids is 4. The Morgan fingerprint density at radius 1 is 1.03 bits per heavy atom. The number of aliphatic hydroxyl groups excluding tert-OH is 1. The summed E-state index contributed by atoms with van der Waals surface area (Å²) in [7, 11) is 3.41. The van der Waals surface area contributed by atoms with Gasteiger partial charge in [0.05, 0.1) is 53.9 Å². The number of ketones is 1. The second-order valence-corrected chi connectivity index (χ2v) is 20.7. The minimum Gasteiger partial charge on any atom is -0.461 e. The van der Waals surface area contributed by atoms with Gasteiger partial charge in [0.1, 0.15) is 35.9 Å². The summed E-state index contributed by atoms with van der Waals surface area (Å²) in [4.78, 5) is 79.8. The number of esters is 2. The third-order valence-corrected chi connectivity index (χ3v) is 15.4. The van der Waals surface area contributed by atoms with Crippen LogP contribution in [0.5, 0.6) is 0 Å². The molecule has 3 fully saturated rings. The number of likely N-dealkylation sites (N-methyl/N-ethyl adjacent to an activating group) is 1. The zero-order chi connectivity index (χ0) is 52.5. The van der Waals surface area contributed by atoms with Crippen LogP contribution in [-0.2, 0) is 62.2 Å². The molecule has 6 heterocycles. The van der Waals surface area contributed by atoms with Gasteiger partial charge in [-0.15, -0.1) is 6.58 Å². The smallest absolute Gasteiger partial charge is 0.410 e.